The third-order valence-electron chi connectivity index (χ3n) is 2.07. The number of nitrogens with two attached hydrogens (primary N) is 1. The van der Waals surface area contributed by atoms with Gasteiger partial charge >= 0.3 is 0 Å². The quantitative estimate of drug-likeness (QED) is 0.852. The van der Waals surface area contributed by atoms with Crippen molar-refractivity contribution in [3.63, 3.8) is 0 Å². The predicted molar refractivity (Wildman–Crippen MR) is 59.5 cm³/mol. The smallest absolute Gasteiger partial charge is 0.292 e. The van der Waals surface area contributed by atoms with E-state index < -0.39 is 9.84 Å². The van der Waals surface area contributed by atoms with E-state index in [1.807, 2.05) is 0 Å². The molecule has 0 bridgehead atoms. The molecule has 1 heterocycles. The maximum absolute atomic E-state index is 11.4. The third kappa shape index (κ3) is 2.06. The van der Waals surface area contributed by atoms with Crippen molar-refractivity contribution in [3.05, 3.63) is 30.5 Å². The molecule has 0 amide bonds. The number of nitrogens with zero attached hydrogens (tertiary/aromatic N) is 1. The Labute approximate surface area is 92.8 Å². The Morgan fingerprint density at radius 1 is 1.38 bits per heavy atom. The summed E-state index contributed by atoms with van der Waals surface area (Å²) in [5.74, 6) is 0.447. The van der Waals surface area contributed by atoms with Crippen LogP contribution in [-0.2, 0) is 9.84 Å². The van der Waals surface area contributed by atoms with Gasteiger partial charge in [-0.3, -0.25) is 0 Å². The van der Waals surface area contributed by atoms with Crippen molar-refractivity contribution in [2.24, 2.45) is 0 Å². The van der Waals surface area contributed by atoms with Gasteiger partial charge in [0, 0.05) is 11.8 Å². The van der Waals surface area contributed by atoms with Gasteiger partial charge in [0.25, 0.3) is 6.01 Å². The van der Waals surface area contributed by atoms with Crippen LogP contribution in [-0.4, -0.2) is 19.7 Å². The molecule has 0 fully saturated rings. The van der Waals surface area contributed by atoms with Gasteiger partial charge in [0.05, 0.1) is 11.1 Å². The van der Waals surface area contributed by atoms with Crippen molar-refractivity contribution in [3.8, 4) is 11.3 Å². The molecule has 0 saturated heterocycles. The molecule has 5 nitrogen and oxygen atoms in total. The van der Waals surface area contributed by atoms with Gasteiger partial charge in [0.2, 0.25) is 0 Å². The van der Waals surface area contributed by atoms with E-state index in [1.165, 1.54) is 18.3 Å². The van der Waals surface area contributed by atoms with Crippen molar-refractivity contribution in [2.75, 3.05) is 12.0 Å². The van der Waals surface area contributed by atoms with E-state index in [0.29, 0.717) is 11.3 Å². The maximum Gasteiger partial charge on any atom is 0.292 e. The van der Waals surface area contributed by atoms with Crippen molar-refractivity contribution in [2.45, 2.75) is 4.90 Å². The van der Waals surface area contributed by atoms with Crippen molar-refractivity contribution >= 4 is 15.9 Å². The van der Waals surface area contributed by atoms with Gasteiger partial charge in [-0.15, -0.1) is 0 Å². The number of hydrogen-bond donors (Lipinski definition) is 1. The Morgan fingerprint density at radius 3 is 2.69 bits per heavy atom. The maximum atomic E-state index is 11.4. The summed E-state index contributed by atoms with van der Waals surface area (Å²) in [6.07, 6.45) is 2.61. The Kier molecular flexibility index (Phi) is 2.43. The topological polar surface area (TPSA) is 86.2 Å². The van der Waals surface area contributed by atoms with Crippen LogP contribution in [0.2, 0.25) is 0 Å². The molecule has 0 spiro atoms. The lowest BCUT2D eigenvalue weighted by Gasteiger charge is -2.00. The molecule has 84 valence electrons. The molecule has 2 aromatic rings. The average Bonchev–Trinajstić information content (AvgIpc) is 2.64. The SMILES string of the molecule is CS(=O)(=O)c1cccc(-c2cnc(N)o2)c1. The molecule has 16 heavy (non-hydrogen) atoms. The number of oxazole rings is 1. The standard InChI is InChI=1S/C10H10N2O3S/c1-16(13,14)8-4-2-3-7(5-8)9-6-12-10(11)15-9/h2-6H,1H3,(H2,11,12). The van der Waals surface area contributed by atoms with Crippen LogP contribution in [0.25, 0.3) is 11.3 Å². The van der Waals surface area contributed by atoms with Gasteiger partial charge < -0.3 is 10.2 Å². The largest absolute Gasteiger partial charge is 0.424 e. The summed E-state index contributed by atoms with van der Waals surface area (Å²) in [6.45, 7) is 0. The minimum atomic E-state index is -3.22. The molecule has 2 rings (SSSR count). The van der Waals surface area contributed by atoms with Gasteiger partial charge in [0.15, 0.2) is 15.6 Å². The number of hydrogen-bond acceptors (Lipinski definition) is 5. The highest BCUT2D eigenvalue weighted by Gasteiger charge is 2.10. The Bertz CT molecular complexity index is 616. The van der Waals surface area contributed by atoms with E-state index in [4.69, 9.17) is 10.2 Å². The second-order valence-electron chi connectivity index (χ2n) is 3.36. The lowest BCUT2D eigenvalue weighted by Crippen LogP contribution is -1.96. The van der Waals surface area contributed by atoms with Crippen LogP contribution >= 0.6 is 0 Å². The van der Waals surface area contributed by atoms with Crippen LogP contribution in [0.3, 0.4) is 0 Å². The highest BCUT2D eigenvalue weighted by Crippen LogP contribution is 2.23. The summed E-state index contributed by atoms with van der Waals surface area (Å²) < 4.78 is 27.8. The summed E-state index contributed by atoms with van der Waals surface area (Å²) in [4.78, 5) is 3.98. The Balaban J connectivity index is 2.52. The molecule has 1 aromatic carbocycles. The van der Waals surface area contributed by atoms with E-state index in [9.17, 15) is 8.42 Å². The zero-order chi connectivity index (χ0) is 11.8. The van der Waals surface area contributed by atoms with Crippen LogP contribution in [0, 0.1) is 0 Å². The van der Waals surface area contributed by atoms with Gasteiger partial charge in [-0.2, -0.15) is 0 Å². The van der Waals surface area contributed by atoms with Crippen LogP contribution in [0.5, 0.6) is 0 Å². The fourth-order valence-electron chi connectivity index (χ4n) is 1.30. The van der Waals surface area contributed by atoms with Crippen LogP contribution in [0.4, 0.5) is 6.01 Å². The predicted octanol–water partition coefficient (Wildman–Crippen LogP) is 1.33. The summed E-state index contributed by atoms with van der Waals surface area (Å²) in [7, 11) is -3.22. The Morgan fingerprint density at radius 2 is 2.12 bits per heavy atom. The first-order chi connectivity index (χ1) is 7.47. The van der Waals surface area contributed by atoms with E-state index in [1.54, 1.807) is 12.1 Å². The molecule has 0 saturated carbocycles. The second kappa shape index (κ2) is 3.64. The summed E-state index contributed by atoms with van der Waals surface area (Å²) in [5.41, 5.74) is 5.98. The molecule has 0 aliphatic heterocycles. The zero-order valence-electron chi connectivity index (χ0n) is 8.54. The number of nitrogen functional groups attached to an aromatic ring is 1. The third-order valence-corrected chi connectivity index (χ3v) is 3.18. The normalized spacial score (nSPS) is 11.6. The van der Waals surface area contributed by atoms with Crippen LogP contribution < -0.4 is 5.73 Å². The monoisotopic (exact) mass is 238 g/mol. The molecule has 0 aliphatic carbocycles. The minimum absolute atomic E-state index is 0.0553. The molecule has 0 radical (unpaired) electrons. The molecule has 2 N–H and O–H groups in total. The molecular formula is C10H10N2O3S. The molecule has 0 atom stereocenters. The summed E-state index contributed by atoms with van der Waals surface area (Å²) in [5, 5.41) is 0. The first-order valence-electron chi connectivity index (χ1n) is 4.48. The fraction of sp³-hybridized carbons (Fsp3) is 0.100. The average molecular weight is 238 g/mol. The Hall–Kier alpha value is -1.82. The van der Waals surface area contributed by atoms with Gasteiger partial charge in [-0.1, -0.05) is 12.1 Å². The summed E-state index contributed by atoms with van der Waals surface area (Å²) >= 11 is 0. The van der Waals surface area contributed by atoms with Gasteiger partial charge in [-0.25, -0.2) is 13.4 Å². The van der Waals surface area contributed by atoms with Crippen molar-refractivity contribution in [1.29, 1.82) is 0 Å². The van der Waals surface area contributed by atoms with Gasteiger partial charge in [0.1, 0.15) is 0 Å². The van der Waals surface area contributed by atoms with E-state index in [0.717, 1.165) is 6.26 Å². The molecule has 0 unspecified atom stereocenters. The fourth-order valence-corrected chi connectivity index (χ4v) is 1.97. The number of aromatic nitrogens is 1. The van der Waals surface area contributed by atoms with Crippen molar-refractivity contribution < 1.29 is 12.8 Å². The van der Waals surface area contributed by atoms with Gasteiger partial charge in [-0.05, 0) is 12.1 Å². The number of rotatable bonds is 2. The summed E-state index contributed by atoms with van der Waals surface area (Å²) in [6, 6.07) is 6.48. The first-order valence-corrected chi connectivity index (χ1v) is 6.38. The highest BCUT2D eigenvalue weighted by atomic mass is 32.2. The van der Waals surface area contributed by atoms with Crippen LogP contribution in [0.1, 0.15) is 0 Å². The van der Waals surface area contributed by atoms with E-state index in [2.05, 4.69) is 4.98 Å². The lowest BCUT2D eigenvalue weighted by atomic mass is 10.2. The number of benzene rings is 1. The van der Waals surface area contributed by atoms with E-state index in [-0.39, 0.29) is 10.9 Å². The molecule has 1 aromatic heterocycles. The van der Waals surface area contributed by atoms with E-state index >= 15 is 0 Å². The first kappa shape index (κ1) is 10.7. The highest BCUT2D eigenvalue weighted by molar-refractivity contribution is 7.90. The molecule has 6 heteroatoms. The lowest BCUT2D eigenvalue weighted by molar-refractivity contribution is 0.594. The van der Waals surface area contributed by atoms with Crippen molar-refractivity contribution in [1.82, 2.24) is 4.98 Å². The molecule has 0 aliphatic rings. The zero-order valence-corrected chi connectivity index (χ0v) is 9.36. The minimum Gasteiger partial charge on any atom is -0.424 e. The number of sulfone groups is 1. The molecular weight excluding hydrogens is 228 g/mol. The second-order valence-corrected chi connectivity index (χ2v) is 5.38. The number of anilines is 1. The van der Waals surface area contributed by atoms with Crippen LogP contribution in [0.15, 0.2) is 39.8 Å².